The van der Waals surface area contributed by atoms with Crippen molar-refractivity contribution in [3.05, 3.63) is 59.3 Å². The van der Waals surface area contributed by atoms with E-state index in [1.54, 1.807) is 19.1 Å². The molecule has 4 aromatic rings. The molecule has 0 aliphatic carbocycles. The van der Waals surface area contributed by atoms with Crippen LogP contribution in [0.4, 0.5) is 24.7 Å². The minimum atomic E-state index is -4.76. The topological polar surface area (TPSA) is 191 Å². The van der Waals surface area contributed by atoms with Gasteiger partial charge in [0.05, 0.1) is 34.1 Å². The van der Waals surface area contributed by atoms with Crippen molar-refractivity contribution < 1.29 is 32.7 Å². The zero-order valence-electron chi connectivity index (χ0n) is 23.5. The number of imidazole rings is 1. The molecule has 18 heteroatoms. The van der Waals surface area contributed by atoms with Crippen LogP contribution in [-0.4, -0.2) is 72.7 Å². The van der Waals surface area contributed by atoms with Gasteiger partial charge in [-0.3, -0.25) is 23.5 Å². The van der Waals surface area contributed by atoms with Gasteiger partial charge in [-0.15, -0.1) is 0 Å². The quantitative estimate of drug-likeness (QED) is 0.178. The lowest BCUT2D eigenvalue weighted by Crippen LogP contribution is -2.48. The van der Waals surface area contributed by atoms with Crippen LogP contribution in [0.15, 0.2) is 43.0 Å². The Bertz CT molecular complexity index is 1740. The van der Waals surface area contributed by atoms with E-state index in [1.165, 1.54) is 35.1 Å². The second kappa shape index (κ2) is 14.1. The molecule has 2 amide bonds. The second-order valence-corrected chi connectivity index (χ2v) is 10.1. The summed E-state index contributed by atoms with van der Waals surface area (Å²) in [5.41, 5.74) is -0.507. The average molecular weight is 647 g/mol. The smallest absolute Gasteiger partial charge is 0.435 e. The molecule has 0 saturated carbocycles. The molecule has 0 unspecified atom stereocenters. The van der Waals surface area contributed by atoms with Crippen molar-refractivity contribution in [1.82, 2.24) is 40.1 Å². The normalized spacial score (nSPS) is 15.0. The van der Waals surface area contributed by atoms with Gasteiger partial charge < -0.3 is 26.4 Å². The van der Waals surface area contributed by atoms with Crippen molar-refractivity contribution in [2.45, 2.75) is 38.1 Å². The third kappa shape index (κ3) is 7.66. The lowest BCUT2D eigenvalue weighted by molar-refractivity contribution is -0.141. The number of carboxylic acid groups (broad SMARTS) is 1. The first-order chi connectivity index (χ1) is 21.5. The highest BCUT2D eigenvalue weighted by Gasteiger charge is 2.38. The van der Waals surface area contributed by atoms with Gasteiger partial charge in [0.25, 0.3) is 12.4 Å². The number of amides is 2. The first-order valence-corrected chi connectivity index (χ1v) is 13.6. The summed E-state index contributed by atoms with van der Waals surface area (Å²) in [5, 5.41) is 31.1. The van der Waals surface area contributed by atoms with E-state index in [-0.39, 0.29) is 58.3 Å². The fraction of sp³-hybridized carbons (Fsp3) is 0.296. The number of anilines is 2. The number of nitrogens with one attached hydrogen (secondary N) is 4. The van der Waals surface area contributed by atoms with Crippen LogP contribution in [0.25, 0.3) is 16.9 Å². The molecule has 1 aliphatic rings. The molecule has 0 spiro atoms. The van der Waals surface area contributed by atoms with E-state index in [1.807, 2.05) is 0 Å². The fourth-order valence-corrected chi connectivity index (χ4v) is 4.80. The Balaban J connectivity index is 0.00000148. The number of nitriles is 1. The average Bonchev–Trinajstić information content (AvgIpc) is 3.74. The number of carbonyl (C=O) groups excluding carboxylic acids is 2. The van der Waals surface area contributed by atoms with E-state index in [4.69, 9.17) is 26.8 Å². The van der Waals surface area contributed by atoms with E-state index < -0.39 is 23.8 Å². The minimum absolute atomic E-state index is 0.0167. The van der Waals surface area contributed by atoms with Gasteiger partial charge in [0.1, 0.15) is 12.6 Å². The van der Waals surface area contributed by atoms with E-state index in [2.05, 4.69) is 36.3 Å². The number of carbonyl (C=O) groups is 3. The molecule has 1 fully saturated rings. The fourth-order valence-electron chi connectivity index (χ4n) is 4.54. The highest BCUT2D eigenvalue weighted by molar-refractivity contribution is 6.34. The van der Waals surface area contributed by atoms with Crippen LogP contribution in [-0.2, 0) is 22.3 Å². The molecule has 45 heavy (non-hydrogen) atoms. The number of halogens is 4. The van der Waals surface area contributed by atoms with Gasteiger partial charge in [-0.2, -0.15) is 23.5 Å². The van der Waals surface area contributed by atoms with E-state index >= 15 is 0 Å². The van der Waals surface area contributed by atoms with Gasteiger partial charge >= 0.3 is 6.18 Å². The van der Waals surface area contributed by atoms with Gasteiger partial charge in [0.15, 0.2) is 17.2 Å². The maximum atomic E-state index is 13.7. The molecule has 0 radical (unpaired) electrons. The van der Waals surface area contributed by atoms with E-state index in [0.29, 0.717) is 12.2 Å². The standard InChI is InChI=1S/C26H24ClF3N10O2.CH2O2/c1-14(24(41)37-16-4-6-32-11-16)35-25(42)17-3-2-15(10-19(17)27)36-22-23-34-12-20(40(23)9-7-33-22)18-13-39(8-5-31)38-21(18)26(28,29)30;2-1-3/h2-3,7,9-10,12-14,16,32H,4,6,8,11H2,1H3,(H,33,36)(H,35,42)(H,37,41);1H,(H,2,3)/t14-,16+;/m1./s1. The molecule has 0 bridgehead atoms. The van der Waals surface area contributed by atoms with Gasteiger partial charge in [-0.25, -0.2) is 9.97 Å². The van der Waals surface area contributed by atoms with E-state index in [0.717, 1.165) is 23.8 Å². The molecule has 14 nitrogen and oxygen atoms in total. The van der Waals surface area contributed by atoms with Crippen molar-refractivity contribution in [3.63, 3.8) is 0 Å². The Morgan fingerprint density at radius 3 is 2.73 bits per heavy atom. The summed E-state index contributed by atoms with van der Waals surface area (Å²) >= 11 is 6.39. The summed E-state index contributed by atoms with van der Waals surface area (Å²) in [4.78, 5) is 42.1. The molecule has 236 valence electrons. The lowest BCUT2D eigenvalue weighted by Gasteiger charge is -2.18. The molecular weight excluding hydrogens is 621 g/mol. The van der Waals surface area contributed by atoms with Crippen molar-refractivity contribution >= 4 is 47.0 Å². The van der Waals surface area contributed by atoms with Crippen LogP contribution in [0.1, 0.15) is 29.4 Å². The van der Waals surface area contributed by atoms with Gasteiger partial charge in [0, 0.05) is 36.9 Å². The molecule has 2 atom stereocenters. The van der Waals surface area contributed by atoms with Crippen molar-refractivity contribution in [1.29, 1.82) is 5.26 Å². The summed E-state index contributed by atoms with van der Waals surface area (Å²) in [6.07, 6.45) is 1.29. The number of hydrogen-bond acceptors (Lipinski definition) is 9. The summed E-state index contributed by atoms with van der Waals surface area (Å²) in [6.45, 7) is 2.47. The number of nitrogens with zero attached hydrogens (tertiary/aromatic N) is 6. The van der Waals surface area contributed by atoms with Crippen LogP contribution in [0.2, 0.25) is 5.02 Å². The molecular formula is C27H26ClF3N10O4. The lowest BCUT2D eigenvalue weighted by atomic mass is 10.1. The predicted octanol–water partition coefficient (Wildman–Crippen LogP) is 2.83. The van der Waals surface area contributed by atoms with Gasteiger partial charge in [-0.1, -0.05) is 11.6 Å². The Morgan fingerprint density at radius 1 is 1.33 bits per heavy atom. The van der Waals surface area contributed by atoms with Crippen LogP contribution in [0, 0.1) is 11.3 Å². The maximum Gasteiger partial charge on any atom is 0.435 e. The van der Waals surface area contributed by atoms with Crippen molar-refractivity contribution in [2.75, 3.05) is 18.4 Å². The highest BCUT2D eigenvalue weighted by atomic mass is 35.5. The molecule has 4 heterocycles. The second-order valence-electron chi connectivity index (χ2n) is 9.68. The molecule has 5 rings (SSSR count). The van der Waals surface area contributed by atoms with Crippen molar-refractivity contribution in [3.8, 4) is 17.3 Å². The summed E-state index contributed by atoms with van der Waals surface area (Å²) in [6, 6.07) is 5.53. The highest BCUT2D eigenvalue weighted by Crippen LogP contribution is 2.37. The number of aromatic nitrogens is 5. The number of rotatable bonds is 8. The maximum absolute atomic E-state index is 13.7. The Labute approximate surface area is 258 Å². The third-order valence-electron chi connectivity index (χ3n) is 6.59. The molecule has 1 saturated heterocycles. The Morgan fingerprint density at radius 2 is 2.09 bits per heavy atom. The summed E-state index contributed by atoms with van der Waals surface area (Å²) in [7, 11) is 0. The summed E-state index contributed by atoms with van der Waals surface area (Å²) in [5.74, 6) is -0.625. The zero-order chi connectivity index (χ0) is 32.7. The minimum Gasteiger partial charge on any atom is -0.483 e. The molecule has 5 N–H and O–H groups in total. The van der Waals surface area contributed by atoms with Gasteiger partial charge in [-0.05, 0) is 38.1 Å². The Kier molecular flexibility index (Phi) is 10.2. The molecule has 1 aliphatic heterocycles. The number of alkyl halides is 3. The summed E-state index contributed by atoms with van der Waals surface area (Å²) < 4.78 is 43.4. The third-order valence-corrected chi connectivity index (χ3v) is 6.90. The molecule has 1 aromatic carbocycles. The van der Waals surface area contributed by atoms with Crippen LogP contribution < -0.4 is 21.3 Å². The SMILES string of the molecule is C[C@@H](NC(=O)c1ccc(Nc2nccn3c(-c4cn(CC#N)nc4C(F)(F)F)cnc23)cc1Cl)C(=O)N[C@H]1CCNC1.O=CO. The first kappa shape index (κ1) is 32.7. The largest absolute Gasteiger partial charge is 0.483 e. The van der Waals surface area contributed by atoms with Crippen molar-refractivity contribution in [2.24, 2.45) is 0 Å². The van der Waals surface area contributed by atoms with Crippen LogP contribution in [0.5, 0.6) is 0 Å². The number of hydrogen-bond donors (Lipinski definition) is 5. The predicted molar refractivity (Wildman–Crippen MR) is 155 cm³/mol. The van der Waals surface area contributed by atoms with Gasteiger partial charge in [0.2, 0.25) is 5.91 Å². The first-order valence-electron chi connectivity index (χ1n) is 13.3. The van der Waals surface area contributed by atoms with Crippen LogP contribution >= 0.6 is 11.6 Å². The number of benzene rings is 1. The zero-order valence-corrected chi connectivity index (χ0v) is 24.2. The van der Waals surface area contributed by atoms with E-state index in [9.17, 15) is 22.8 Å². The Hall–Kier alpha value is -5.21. The molecule has 3 aromatic heterocycles. The van der Waals surface area contributed by atoms with Crippen LogP contribution in [0.3, 0.4) is 0 Å². The number of fused-ring (bicyclic) bond motifs is 1. The monoisotopic (exact) mass is 646 g/mol.